The Balaban J connectivity index is 2.47. The summed E-state index contributed by atoms with van der Waals surface area (Å²) in [5, 5.41) is 3.89. The summed E-state index contributed by atoms with van der Waals surface area (Å²) >= 11 is 18.4. The molecule has 0 bridgehead atoms. The highest BCUT2D eigenvalue weighted by atomic mass is 35.5. The Morgan fingerprint density at radius 1 is 1.03 bits per heavy atom. The maximum Gasteiger partial charge on any atom is 0.244 e. The van der Waals surface area contributed by atoms with Crippen molar-refractivity contribution in [3.63, 3.8) is 0 Å². The first-order valence-corrected chi connectivity index (χ1v) is 13.8. The quantitative estimate of drug-likeness (QED) is 0.488. The number of rotatable bonds is 8. The lowest BCUT2D eigenvalue weighted by molar-refractivity contribution is -0.140. The van der Waals surface area contributed by atoms with Crippen LogP contribution in [0.1, 0.15) is 38.8 Å². The molecule has 35 heavy (non-hydrogen) atoms. The first kappa shape index (κ1) is 29.2. The van der Waals surface area contributed by atoms with Gasteiger partial charge in [-0.25, -0.2) is 8.42 Å². The monoisotopic (exact) mass is 561 g/mol. The number of nitrogens with one attached hydrogen (secondary N) is 1. The number of nitrogens with zero attached hydrogens (tertiary/aromatic N) is 2. The Morgan fingerprint density at radius 2 is 1.66 bits per heavy atom. The fraction of sp³-hybridized carbons (Fsp3) is 0.417. The van der Waals surface area contributed by atoms with Crippen molar-refractivity contribution >= 4 is 62.3 Å². The van der Waals surface area contributed by atoms with Crippen molar-refractivity contribution in [1.82, 2.24) is 10.2 Å². The molecule has 0 saturated carbocycles. The second-order valence-corrected chi connectivity index (χ2v) is 12.5. The van der Waals surface area contributed by atoms with Crippen LogP contribution in [0.15, 0.2) is 36.4 Å². The van der Waals surface area contributed by atoms with Crippen LogP contribution in [0.4, 0.5) is 5.69 Å². The van der Waals surface area contributed by atoms with E-state index in [9.17, 15) is 18.0 Å². The summed E-state index contributed by atoms with van der Waals surface area (Å²) in [6.45, 7) is 8.25. The summed E-state index contributed by atoms with van der Waals surface area (Å²) in [6, 6.07) is 8.82. The highest BCUT2D eigenvalue weighted by Crippen LogP contribution is 2.29. The molecule has 1 N–H and O–H groups in total. The van der Waals surface area contributed by atoms with Gasteiger partial charge < -0.3 is 10.2 Å². The van der Waals surface area contributed by atoms with Crippen LogP contribution in [0.2, 0.25) is 15.1 Å². The molecule has 0 aliphatic rings. The van der Waals surface area contributed by atoms with E-state index in [-0.39, 0.29) is 18.1 Å². The number of amides is 2. The molecule has 2 amide bonds. The van der Waals surface area contributed by atoms with Gasteiger partial charge in [0.05, 0.1) is 22.0 Å². The van der Waals surface area contributed by atoms with Gasteiger partial charge in [-0.3, -0.25) is 13.9 Å². The fourth-order valence-corrected chi connectivity index (χ4v) is 4.74. The van der Waals surface area contributed by atoms with E-state index in [1.807, 2.05) is 20.8 Å². The molecular formula is C24H30Cl3N3O4S. The molecule has 0 aliphatic heterocycles. The summed E-state index contributed by atoms with van der Waals surface area (Å²) in [5.74, 6) is -0.951. The number of sulfonamides is 1. The van der Waals surface area contributed by atoms with Crippen molar-refractivity contribution in [2.45, 2.75) is 52.7 Å². The summed E-state index contributed by atoms with van der Waals surface area (Å²) in [6.07, 6.45) is 1.01. The molecule has 0 unspecified atom stereocenters. The number of hydrogen-bond acceptors (Lipinski definition) is 4. The van der Waals surface area contributed by atoms with Gasteiger partial charge in [0.1, 0.15) is 12.6 Å². The molecular weight excluding hydrogens is 533 g/mol. The SMILES string of the molecule is Cc1c(Cl)cccc1N(CC(=O)N(Cc1ccc(Cl)c(Cl)c1)[C@H](C)C(=O)NC(C)(C)C)S(C)(=O)=O. The summed E-state index contributed by atoms with van der Waals surface area (Å²) < 4.78 is 26.4. The van der Waals surface area contributed by atoms with Crippen LogP contribution < -0.4 is 9.62 Å². The zero-order chi connectivity index (χ0) is 26.7. The van der Waals surface area contributed by atoms with Crippen LogP contribution >= 0.6 is 34.8 Å². The van der Waals surface area contributed by atoms with Gasteiger partial charge >= 0.3 is 0 Å². The highest BCUT2D eigenvalue weighted by Gasteiger charge is 2.32. The topological polar surface area (TPSA) is 86.8 Å². The van der Waals surface area contributed by atoms with Crippen LogP contribution in [-0.2, 0) is 26.2 Å². The predicted molar refractivity (Wildman–Crippen MR) is 143 cm³/mol. The average molecular weight is 563 g/mol. The van der Waals surface area contributed by atoms with Crippen LogP contribution in [0.25, 0.3) is 0 Å². The standard InChI is InChI=1S/C24H30Cl3N3O4S/c1-15-18(25)8-7-9-21(15)30(35(6,33)34)14-22(31)29(16(2)23(32)28-24(3,4)5)13-17-10-11-19(26)20(27)12-17/h7-12,16H,13-14H2,1-6H3,(H,28,32)/t16-/m1/s1. The van der Waals surface area contributed by atoms with E-state index in [2.05, 4.69) is 5.32 Å². The third-order valence-electron chi connectivity index (χ3n) is 5.19. The molecule has 0 heterocycles. The molecule has 7 nitrogen and oxygen atoms in total. The number of anilines is 1. The number of hydrogen-bond donors (Lipinski definition) is 1. The van der Waals surface area contributed by atoms with Crippen LogP contribution in [0.3, 0.4) is 0 Å². The molecule has 1 atom stereocenters. The van der Waals surface area contributed by atoms with E-state index < -0.39 is 34.1 Å². The summed E-state index contributed by atoms with van der Waals surface area (Å²) in [7, 11) is -3.86. The number of carbonyl (C=O) groups excluding carboxylic acids is 2. The van der Waals surface area contributed by atoms with Gasteiger partial charge in [-0.1, -0.05) is 46.9 Å². The molecule has 2 rings (SSSR count). The van der Waals surface area contributed by atoms with E-state index >= 15 is 0 Å². The van der Waals surface area contributed by atoms with E-state index in [1.54, 1.807) is 50.2 Å². The van der Waals surface area contributed by atoms with Crippen molar-refractivity contribution in [3.05, 3.63) is 62.6 Å². The minimum atomic E-state index is -3.86. The molecule has 2 aromatic rings. The van der Waals surface area contributed by atoms with Gasteiger partial charge in [0.2, 0.25) is 21.8 Å². The Hall–Kier alpha value is -2.00. The Kier molecular flexibility index (Phi) is 9.50. The summed E-state index contributed by atoms with van der Waals surface area (Å²) in [4.78, 5) is 27.9. The van der Waals surface area contributed by atoms with Gasteiger partial charge in [-0.15, -0.1) is 0 Å². The fourth-order valence-electron chi connectivity index (χ4n) is 3.35. The summed E-state index contributed by atoms with van der Waals surface area (Å²) in [5.41, 5.74) is 0.907. The van der Waals surface area contributed by atoms with Crippen LogP contribution in [0, 0.1) is 6.92 Å². The van der Waals surface area contributed by atoms with E-state index in [0.29, 0.717) is 26.2 Å². The zero-order valence-electron chi connectivity index (χ0n) is 20.5. The van der Waals surface area contributed by atoms with Gasteiger partial charge in [0.15, 0.2) is 0 Å². The molecule has 0 spiro atoms. The van der Waals surface area contributed by atoms with E-state index in [0.717, 1.165) is 10.6 Å². The zero-order valence-corrected chi connectivity index (χ0v) is 23.6. The van der Waals surface area contributed by atoms with E-state index in [1.165, 1.54) is 4.90 Å². The molecule has 0 radical (unpaired) electrons. The second kappa shape index (κ2) is 11.4. The van der Waals surface area contributed by atoms with Crippen molar-refractivity contribution in [1.29, 1.82) is 0 Å². The van der Waals surface area contributed by atoms with Crippen molar-refractivity contribution in [3.8, 4) is 0 Å². The van der Waals surface area contributed by atoms with Gasteiger partial charge in [-0.2, -0.15) is 0 Å². The Bertz CT molecular complexity index is 1210. The minimum Gasteiger partial charge on any atom is -0.350 e. The van der Waals surface area contributed by atoms with Crippen molar-refractivity contribution in [2.75, 3.05) is 17.1 Å². The molecule has 192 valence electrons. The van der Waals surface area contributed by atoms with Crippen molar-refractivity contribution < 1.29 is 18.0 Å². The van der Waals surface area contributed by atoms with Gasteiger partial charge in [0.25, 0.3) is 0 Å². The maximum absolute atomic E-state index is 13.6. The molecule has 0 fully saturated rings. The number of halogens is 3. The Morgan fingerprint density at radius 3 is 2.20 bits per heavy atom. The largest absolute Gasteiger partial charge is 0.350 e. The third-order valence-corrected chi connectivity index (χ3v) is 7.46. The minimum absolute atomic E-state index is 0.0145. The normalized spacial score (nSPS) is 12.7. The molecule has 0 aromatic heterocycles. The lowest BCUT2D eigenvalue weighted by Gasteiger charge is -2.33. The maximum atomic E-state index is 13.6. The van der Waals surface area contributed by atoms with Gasteiger partial charge in [-0.05, 0) is 70.0 Å². The predicted octanol–water partition coefficient (Wildman–Crippen LogP) is 5.05. The molecule has 11 heteroatoms. The molecule has 2 aromatic carbocycles. The van der Waals surface area contributed by atoms with Crippen molar-refractivity contribution in [2.24, 2.45) is 0 Å². The van der Waals surface area contributed by atoms with E-state index in [4.69, 9.17) is 34.8 Å². The first-order chi connectivity index (χ1) is 16.0. The van der Waals surface area contributed by atoms with Crippen LogP contribution in [0.5, 0.6) is 0 Å². The molecule has 0 aliphatic carbocycles. The molecule has 0 saturated heterocycles. The van der Waals surface area contributed by atoms with Gasteiger partial charge in [0, 0.05) is 17.1 Å². The third kappa shape index (κ3) is 8.00. The van der Waals surface area contributed by atoms with Crippen LogP contribution in [-0.4, -0.2) is 49.5 Å². The average Bonchev–Trinajstić information content (AvgIpc) is 2.72. The highest BCUT2D eigenvalue weighted by molar-refractivity contribution is 7.92. The lowest BCUT2D eigenvalue weighted by Crippen LogP contribution is -2.54. The smallest absolute Gasteiger partial charge is 0.244 e. The Labute approximate surface area is 222 Å². The second-order valence-electron chi connectivity index (χ2n) is 9.34. The first-order valence-electron chi connectivity index (χ1n) is 10.8. The lowest BCUT2D eigenvalue weighted by atomic mass is 10.1. The number of benzene rings is 2. The number of carbonyl (C=O) groups is 2.